The summed E-state index contributed by atoms with van der Waals surface area (Å²) in [6, 6.07) is 36.1. The number of H-pyrrole nitrogens is 1. The van der Waals surface area contributed by atoms with E-state index in [1.165, 1.54) is 75.4 Å². The van der Waals surface area contributed by atoms with Crippen LogP contribution in [-0.2, 0) is 5.41 Å². The zero-order valence-corrected chi connectivity index (χ0v) is 20.5. The SMILES string of the molecule is CC1(C)c2ccccc2-c2ccc(-c3ccc4sc5ccc6c7ccccc7[nH]c6c5c4c3)cc21. The molecule has 0 saturated heterocycles. The normalized spacial score (nSPS) is 14.2. The number of aromatic amines is 1. The van der Waals surface area contributed by atoms with Gasteiger partial charge in [-0.3, -0.25) is 0 Å². The molecule has 0 spiro atoms. The number of aromatic nitrogens is 1. The number of para-hydroxylation sites is 1. The summed E-state index contributed by atoms with van der Waals surface area (Å²) >= 11 is 1.88. The van der Waals surface area contributed by atoms with Crippen LogP contribution < -0.4 is 0 Å². The Hall–Kier alpha value is -3.88. The van der Waals surface area contributed by atoms with Crippen molar-refractivity contribution in [2.75, 3.05) is 0 Å². The first-order valence-corrected chi connectivity index (χ1v) is 13.0. The summed E-state index contributed by atoms with van der Waals surface area (Å²) in [4.78, 5) is 3.72. The molecule has 8 rings (SSSR count). The zero-order chi connectivity index (χ0) is 23.3. The Bertz CT molecular complexity index is 1980. The minimum absolute atomic E-state index is 0.0115. The molecule has 0 unspecified atom stereocenters. The molecule has 1 aliphatic carbocycles. The molecule has 1 N–H and O–H groups in total. The van der Waals surface area contributed by atoms with E-state index in [4.69, 9.17) is 0 Å². The van der Waals surface area contributed by atoms with E-state index in [1.54, 1.807) is 0 Å². The minimum Gasteiger partial charge on any atom is -0.354 e. The lowest BCUT2D eigenvalue weighted by Gasteiger charge is -2.22. The Labute approximate surface area is 207 Å². The second kappa shape index (κ2) is 6.62. The van der Waals surface area contributed by atoms with E-state index >= 15 is 0 Å². The van der Waals surface area contributed by atoms with Gasteiger partial charge in [0.2, 0.25) is 0 Å². The highest BCUT2D eigenvalue weighted by atomic mass is 32.1. The van der Waals surface area contributed by atoms with E-state index in [-0.39, 0.29) is 5.41 Å². The maximum atomic E-state index is 3.72. The van der Waals surface area contributed by atoms with Crippen LogP contribution in [0.4, 0.5) is 0 Å². The van der Waals surface area contributed by atoms with E-state index in [2.05, 4.69) is 116 Å². The molecule has 2 aromatic heterocycles. The average molecular weight is 466 g/mol. The van der Waals surface area contributed by atoms with E-state index in [0.717, 1.165) is 0 Å². The van der Waals surface area contributed by atoms with Crippen LogP contribution in [0.15, 0.2) is 97.1 Å². The van der Waals surface area contributed by atoms with Gasteiger partial charge in [-0.25, -0.2) is 0 Å². The molecular formula is C33H23NS. The molecule has 7 aromatic rings. The van der Waals surface area contributed by atoms with Gasteiger partial charge in [0.15, 0.2) is 0 Å². The summed E-state index contributed by atoms with van der Waals surface area (Å²) in [6.45, 7) is 4.70. The average Bonchev–Trinajstić information content (AvgIpc) is 3.52. The summed E-state index contributed by atoms with van der Waals surface area (Å²) < 4.78 is 2.67. The van der Waals surface area contributed by atoms with Gasteiger partial charge < -0.3 is 4.98 Å². The molecule has 0 saturated carbocycles. The van der Waals surface area contributed by atoms with Crippen molar-refractivity contribution >= 4 is 53.3 Å². The molecular weight excluding hydrogens is 442 g/mol. The van der Waals surface area contributed by atoms with Gasteiger partial charge in [-0.1, -0.05) is 80.6 Å². The third kappa shape index (κ3) is 2.53. The number of hydrogen-bond donors (Lipinski definition) is 1. The molecule has 166 valence electrons. The fourth-order valence-electron chi connectivity index (χ4n) is 6.25. The molecule has 35 heavy (non-hydrogen) atoms. The smallest absolute Gasteiger partial charge is 0.0559 e. The minimum atomic E-state index is 0.0115. The lowest BCUT2D eigenvalue weighted by Crippen LogP contribution is -2.14. The van der Waals surface area contributed by atoms with Crippen LogP contribution in [0.25, 0.3) is 64.2 Å². The van der Waals surface area contributed by atoms with Gasteiger partial charge >= 0.3 is 0 Å². The van der Waals surface area contributed by atoms with Gasteiger partial charge in [0.25, 0.3) is 0 Å². The number of thiophene rings is 1. The van der Waals surface area contributed by atoms with Crippen molar-refractivity contribution in [2.45, 2.75) is 19.3 Å². The van der Waals surface area contributed by atoms with Crippen LogP contribution in [0.1, 0.15) is 25.0 Å². The van der Waals surface area contributed by atoms with Gasteiger partial charge in [0.1, 0.15) is 0 Å². The van der Waals surface area contributed by atoms with E-state index in [1.807, 2.05) is 11.3 Å². The van der Waals surface area contributed by atoms with Crippen molar-refractivity contribution in [1.82, 2.24) is 4.98 Å². The molecule has 0 atom stereocenters. The molecule has 0 bridgehead atoms. The Morgan fingerprint density at radius 1 is 0.600 bits per heavy atom. The number of benzene rings is 5. The van der Waals surface area contributed by atoms with E-state index in [9.17, 15) is 0 Å². The van der Waals surface area contributed by atoms with Crippen molar-refractivity contribution in [3.8, 4) is 22.3 Å². The largest absolute Gasteiger partial charge is 0.354 e. The Morgan fingerprint density at radius 2 is 1.34 bits per heavy atom. The second-order valence-electron chi connectivity index (χ2n) is 10.3. The molecule has 0 amide bonds. The first-order chi connectivity index (χ1) is 17.1. The maximum Gasteiger partial charge on any atom is 0.0559 e. The van der Waals surface area contributed by atoms with E-state index < -0.39 is 0 Å². The Morgan fingerprint density at radius 3 is 2.29 bits per heavy atom. The van der Waals surface area contributed by atoms with Crippen LogP contribution in [0, 0.1) is 0 Å². The summed E-state index contributed by atoms with van der Waals surface area (Å²) in [5.74, 6) is 0. The summed E-state index contributed by atoms with van der Waals surface area (Å²) in [5.41, 5.74) is 10.6. The quantitative estimate of drug-likeness (QED) is 0.248. The standard InChI is InChI=1S/C33H23NS/c1-33(2)26-9-5-3-7-21(26)22-13-11-20(18-27(22)33)19-12-15-29-25(17-19)31-30(35-29)16-14-24-23-8-4-6-10-28(23)34-32(24)31/h3-18,34H,1-2H3. The molecule has 1 aliphatic rings. The highest BCUT2D eigenvalue weighted by Crippen LogP contribution is 2.50. The second-order valence-corrected chi connectivity index (χ2v) is 11.4. The third-order valence-electron chi connectivity index (χ3n) is 8.03. The Kier molecular flexibility index (Phi) is 3.67. The van der Waals surface area contributed by atoms with Gasteiger partial charge in [-0.2, -0.15) is 0 Å². The fourth-order valence-corrected chi connectivity index (χ4v) is 7.34. The van der Waals surface area contributed by atoms with E-state index in [0.29, 0.717) is 0 Å². The van der Waals surface area contributed by atoms with Crippen molar-refractivity contribution < 1.29 is 0 Å². The summed E-state index contributed by atoms with van der Waals surface area (Å²) in [7, 11) is 0. The summed E-state index contributed by atoms with van der Waals surface area (Å²) in [5, 5.41) is 5.27. The van der Waals surface area contributed by atoms with Crippen LogP contribution in [0.2, 0.25) is 0 Å². The molecule has 2 heteroatoms. The predicted octanol–water partition coefficient (Wildman–Crippen LogP) is 9.66. The predicted molar refractivity (Wildman–Crippen MR) is 152 cm³/mol. The number of rotatable bonds is 1. The molecule has 0 radical (unpaired) electrons. The number of nitrogens with one attached hydrogen (secondary N) is 1. The maximum absolute atomic E-state index is 3.72. The first kappa shape index (κ1) is 19.4. The molecule has 0 aliphatic heterocycles. The van der Waals surface area contributed by atoms with Crippen molar-refractivity contribution in [3.05, 3.63) is 108 Å². The summed E-state index contributed by atoms with van der Waals surface area (Å²) in [6.07, 6.45) is 0. The lowest BCUT2D eigenvalue weighted by atomic mass is 9.81. The lowest BCUT2D eigenvalue weighted by molar-refractivity contribution is 0.660. The van der Waals surface area contributed by atoms with Crippen LogP contribution in [0.3, 0.4) is 0 Å². The fraction of sp³-hybridized carbons (Fsp3) is 0.0909. The van der Waals surface area contributed by atoms with Crippen molar-refractivity contribution in [3.63, 3.8) is 0 Å². The number of fused-ring (bicyclic) bond motifs is 10. The topological polar surface area (TPSA) is 15.8 Å². The van der Waals surface area contributed by atoms with Crippen LogP contribution >= 0.6 is 11.3 Å². The van der Waals surface area contributed by atoms with Crippen molar-refractivity contribution in [1.29, 1.82) is 0 Å². The Balaban J connectivity index is 1.37. The highest BCUT2D eigenvalue weighted by Gasteiger charge is 2.35. The molecule has 2 heterocycles. The monoisotopic (exact) mass is 465 g/mol. The highest BCUT2D eigenvalue weighted by molar-refractivity contribution is 7.26. The van der Waals surface area contributed by atoms with Gasteiger partial charge in [0, 0.05) is 41.9 Å². The molecule has 0 fully saturated rings. The van der Waals surface area contributed by atoms with Crippen LogP contribution in [-0.4, -0.2) is 4.98 Å². The van der Waals surface area contributed by atoms with Gasteiger partial charge in [-0.15, -0.1) is 11.3 Å². The molecule has 1 nitrogen and oxygen atoms in total. The third-order valence-corrected chi connectivity index (χ3v) is 9.17. The van der Waals surface area contributed by atoms with Crippen LogP contribution in [0.5, 0.6) is 0 Å². The molecule has 5 aromatic carbocycles. The van der Waals surface area contributed by atoms with Gasteiger partial charge in [0.05, 0.1) is 5.52 Å². The zero-order valence-electron chi connectivity index (χ0n) is 19.6. The first-order valence-electron chi connectivity index (χ1n) is 12.2. The van der Waals surface area contributed by atoms with Crippen molar-refractivity contribution in [2.24, 2.45) is 0 Å². The number of hydrogen-bond acceptors (Lipinski definition) is 1. The van der Waals surface area contributed by atoms with Gasteiger partial charge in [-0.05, 0) is 63.7 Å².